The molecule has 0 radical (unpaired) electrons. The summed E-state index contributed by atoms with van der Waals surface area (Å²) in [6.45, 7) is 3.29. The maximum atomic E-state index is 11.7. The SMILES string of the molecule is CCOC(=O)Nc1ccc(C(NC(C)=O)C(=O)OC)cc1. The number of carbonyl (C=O) groups excluding carboxylic acids is 3. The van der Waals surface area contributed by atoms with Gasteiger partial charge in [0.15, 0.2) is 6.04 Å². The van der Waals surface area contributed by atoms with Gasteiger partial charge in [0.25, 0.3) is 0 Å². The summed E-state index contributed by atoms with van der Waals surface area (Å²) in [7, 11) is 1.24. The largest absolute Gasteiger partial charge is 0.467 e. The molecule has 1 unspecified atom stereocenters. The zero-order valence-corrected chi connectivity index (χ0v) is 12.1. The highest BCUT2D eigenvalue weighted by molar-refractivity contribution is 5.86. The Morgan fingerprint density at radius 2 is 1.81 bits per heavy atom. The molecule has 7 nitrogen and oxygen atoms in total. The second kappa shape index (κ2) is 7.88. The molecule has 1 aromatic rings. The maximum absolute atomic E-state index is 11.7. The van der Waals surface area contributed by atoms with Crippen molar-refractivity contribution in [3.63, 3.8) is 0 Å². The number of carbonyl (C=O) groups is 3. The fourth-order valence-corrected chi connectivity index (χ4v) is 1.64. The van der Waals surface area contributed by atoms with E-state index in [0.717, 1.165) is 0 Å². The average Bonchev–Trinajstić information content (AvgIpc) is 2.45. The van der Waals surface area contributed by atoms with Crippen molar-refractivity contribution in [1.29, 1.82) is 0 Å². The minimum atomic E-state index is -0.885. The van der Waals surface area contributed by atoms with E-state index in [4.69, 9.17) is 4.74 Å². The summed E-state index contributed by atoms with van der Waals surface area (Å²) in [6, 6.07) is 5.54. The minimum Gasteiger partial charge on any atom is -0.467 e. The van der Waals surface area contributed by atoms with Crippen LogP contribution < -0.4 is 10.6 Å². The maximum Gasteiger partial charge on any atom is 0.411 e. The van der Waals surface area contributed by atoms with Gasteiger partial charge in [0.2, 0.25) is 5.91 Å². The van der Waals surface area contributed by atoms with E-state index in [0.29, 0.717) is 11.3 Å². The Labute approximate surface area is 122 Å². The number of nitrogens with one attached hydrogen (secondary N) is 2. The zero-order chi connectivity index (χ0) is 15.8. The van der Waals surface area contributed by atoms with Crippen molar-refractivity contribution in [3.8, 4) is 0 Å². The molecule has 0 aliphatic carbocycles. The van der Waals surface area contributed by atoms with Crippen molar-refractivity contribution in [2.24, 2.45) is 0 Å². The number of benzene rings is 1. The zero-order valence-electron chi connectivity index (χ0n) is 12.1. The van der Waals surface area contributed by atoms with Crippen LogP contribution in [0.25, 0.3) is 0 Å². The van der Waals surface area contributed by atoms with Gasteiger partial charge in [0, 0.05) is 12.6 Å². The molecule has 0 aliphatic rings. The number of esters is 1. The quantitative estimate of drug-likeness (QED) is 0.805. The summed E-state index contributed by atoms with van der Waals surface area (Å²) in [5.74, 6) is -0.921. The van der Waals surface area contributed by atoms with Gasteiger partial charge in [-0.05, 0) is 24.6 Å². The first-order valence-corrected chi connectivity index (χ1v) is 6.36. The van der Waals surface area contributed by atoms with E-state index in [-0.39, 0.29) is 12.5 Å². The smallest absolute Gasteiger partial charge is 0.411 e. The molecule has 0 aliphatic heterocycles. The molecule has 0 spiro atoms. The van der Waals surface area contributed by atoms with E-state index >= 15 is 0 Å². The highest BCUT2D eigenvalue weighted by Crippen LogP contribution is 2.18. The van der Waals surface area contributed by atoms with Gasteiger partial charge in [-0.25, -0.2) is 9.59 Å². The summed E-state index contributed by atoms with van der Waals surface area (Å²) >= 11 is 0. The van der Waals surface area contributed by atoms with Crippen LogP contribution in [-0.4, -0.2) is 31.7 Å². The van der Waals surface area contributed by atoms with Gasteiger partial charge >= 0.3 is 12.1 Å². The van der Waals surface area contributed by atoms with Crippen LogP contribution in [0.4, 0.5) is 10.5 Å². The lowest BCUT2D eigenvalue weighted by Gasteiger charge is -2.16. The van der Waals surface area contributed by atoms with Crippen molar-refractivity contribution >= 4 is 23.7 Å². The lowest BCUT2D eigenvalue weighted by atomic mass is 10.1. The van der Waals surface area contributed by atoms with Crippen LogP contribution in [0.2, 0.25) is 0 Å². The van der Waals surface area contributed by atoms with E-state index in [9.17, 15) is 14.4 Å². The van der Waals surface area contributed by atoms with Crippen molar-refractivity contribution in [1.82, 2.24) is 5.32 Å². The predicted octanol–water partition coefficient (Wildman–Crippen LogP) is 1.61. The molecule has 0 saturated carbocycles. The predicted molar refractivity (Wildman–Crippen MR) is 75.7 cm³/mol. The van der Waals surface area contributed by atoms with Gasteiger partial charge in [0.05, 0.1) is 13.7 Å². The monoisotopic (exact) mass is 294 g/mol. The fourth-order valence-electron chi connectivity index (χ4n) is 1.64. The molecule has 2 amide bonds. The number of rotatable bonds is 5. The first-order valence-electron chi connectivity index (χ1n) is 6.36. The number of amides is 2. The number of ether oxygens (including phenoxy) is 2. The average molecular weight is 294 g/mol. The summed E-state index contributed by atoms with van der Waals surface area (Å²) in [5.41, 5.74) is 1.06. The summed E-state index contributed by atoms with van der Waals surface area (Å²) < 4.78 is 9.40. The Kier molecular flexibility index (Phi) is 6.19. The van der Waals surface area contributed by atoms with E-state index in [1.807, 2.05) is 0 Å². The third-order valence-corrected chi connectivity index (χ3v) is 2.55. The summed E-state index contributed by atoms with van der Waals surface area (Å²) in [5, 5.41) is 5.03. The molecule has 0 fully saturated rings. The Balaban J connectivity index is 2.84. The van der Waals surface area contributed by atoms with Crippen LogP contribution in [0, 0.1) is 0 Å². The lowest BCUT2D eigenvalue weighted by molar-refractivity contribution is -0.145. The number of hydrogen-bond acceptors (Lipinski definition) is 5. The van der Waals surface area contributed by atoms with Crippen molar-refractivity contribution in [3.05, 3.63) is 29.8 Å². The molecule has 0 saturated heterocycles. The first-order chi connectivity index (χ1) is 9.97. The molecule has 0 bridgehead atoms. The fraction of sp³-hybridized carbons (Fsp3) is 0.357. The standard InChI is InChI=1S/C14H18N2O5/c1-4-21-14(19)16-11-7-5-10(6-8-11)12(13(18)20-3)15-9(2)17/h5-8,12H,4H2,1-3H3,(H,15,17)(H,16,19). The van der Waals surface area contributed by atoms with Crippen molar-refractivity contribution in [2.45, 2.75) is 19.9 Å². The van der Waals surface area contributed by atoms with Crippen LogP contribution in [0.5, 0.6) is 0 Å². The first kappa shape index (κ1) is 16.5. The third-order valence-electron chi connectivity index (χ3n) is 2.55. The molecule has 21 heavy (non-hydrogen) atoms. The normalized spacial score (nSPS) is 11.2. The summed E-state index contributed by atoms with van der Waals surface area (Å²) in [4.78, 5) is 34.1. The molecule has 1 rings (SSSR count). The molecule has 7 heteroatoms. The van der Waals surface area contributed by atoms with E-state index in [1.54, 1.807) is 31.2 Å². The summed E-state index contributed by atoms with van der Waals surface area (Å²) in [6.07, 6.45) is -0.559. The Hall–Kier alpha value is -2.57. The van der Waals surface area contributed by atoms with Gasteiger partial charge in [-0.15, -0.1) is 0 Å². The molecular weight excluding hydrogens is 276 g/mol. The lowest BCUT2D eigenvalue weighted by Crippen LogP contribution is -2.32. The topological polar surface area (TPSA) is 93.7 Å². The van der Waals surface area contributed by atoms with E-state index in [1.165, 1.54) is 14.0 Å². The van der Waals surface area contributed by atoms with Crippen molar-refractivity contribution in [2.75, 3.05) is 19.0 Å². The van der Waals surface area contributed by atoms with Crippen LogP contribution in [0.3, 0.4) is 0 Å². The highest BCUT2D eigenvalue weighted by atomic mass is 16.5. The molecular formula is C14H18N2O5. The number of hydrogen-bond donors (Lipinski definition) is 2. The molecule has 1 atom stereocenters. The van der Waals surface area contributed by atoms with E-state index < -0.39 is 18.1 Å². The highest BCUT2D eigenvalue weighted by Gasteiger charge is 2.22. The Morgan fingerprint density at radius 3 is 2.29 bits per heavy atom. The Bertz CT molecular complexity index is 513. The van der Waals surface area contributed by atoms with Crippen LogP contribution in [0.15, 0.2) is 24.3 Å². The molecule has 0 heterocycles. The molecule has 114 valence electrons. The second-order valence-electron chi connectivity index (χ2n) is 4.12. The minimum absolute atomic E-state index is 0.275. The van der Waals surface area contributed by atoms with E-state index in [2.05, 4.69) is 15.4 Å². The van der Waals surface area contributed by atoms with Gasteiger partial charge in [-0.2, -0.15) is 0 Å². The number of methoxy groups -OCH3 is 1. The second-order valence-corrected chi connectivity index (χ2v) is 4.12. The molecule has 2 N–H and O–H groups in total. The van der Waals surface area contributed by atoms with Crippen LogP contribution in [0.1, 0.15) is 25.5 Å². The van der Waals surface area contributed by atoms with Gasteiger partial charge in [-0.3, -0.25) is 10.1 Å². The number of anilines is 1. The van der Waals surface area contributed by atoms with Crippen molar-refractivity contribution < 1.29 is 23.9 Å². The molecule has 1 aromatic carbocycles. The van der Waals surface area contributed by atoms with Gasteiger partial charge < -0.3 is 14.8 Å². The van der Waals surface area contributed by atoms with Gasteiger partial charge in [0.1, 0.15) is 0 Å². The third kappa shape index (κ3) is 5.13. The van der Waals surface area contributed by atoms with Crippen LogP contribution >= 0.6 is 0 Å². The molecule has 0 aromatic heterocycles. The van der Waals surface area contributed by atoms with Crippen LogP contribution in [-0.2, 0) is 19.1 Å². The Morgan fingerprint density at radius 1 is 1.19 bits per heavy atom. The van der Waals surface area contributed by atoms with Gasteiger partial charge in [-0.1, -0.05) is 12.1 Å².